The maximum absolute atomic E-state index is 3.37. The summed E-state index contributed by atoms with van der Waals surface area (Å²) in [4.78, 5) is 0. The van der Waals surface area contributed by atoms with Gasteiger partial charge in [0.25, 0.3) is 0 Å². The first-order valence-corrected chi connectivity index (χ1v) is 5.36. The lowest BCUT2D eigenvalue weighted by Gasteiger charge is -2.20. The molecule has 0 bridgehead atoms. The second-order valence-corrected chi connectivity index (χ2v) is 4.33. The van der Waals surface area contributed by atoms with Crippen molar-refractivity contribution >= 4 is 0 Å². The molecule has 1 N–H and O–H groups in total. The molecule has 0 saturated carbocycles. The number of aryl methyl sites for hydroxylation is 1. The zero-order valence-corrected chi connectivity index (χ0v) is 9.67. The molecule has 78 valence electrons. The van der Waals surface area contributed by atoms with Gasteiger partial charge in [0.15, 0.2) is 0 Å². The topological polar surface area (TPSA) is 12.0 Å². The van der Waals surface area contributed by atoms with Crippen LogP contribution >= 0.6 is 0 Å². The van der Waals surface area contributed by atoms with Gasteiger partial charge in [0.1, 0.15) is 0 Å². The van der Waals surface area contributed by atoms with Gasteiger partial charge in [0.2, 0.25) is 0 Å². The minimum absolute atomic E-state index is 0.580. The number of nitrogens with one attached hydrogen (secondary N) is 1. The van der Waals surface area contributed by atoms with Crippen molar-refractivity contribution in [2.75, 3.05) is 7.05 Å². The van der Waals surface area contributed by atoms with Crippen molar-refractivity contribution in [3.8, 4) is 0 Å². The summed E-state index contributed by atoms with van der Waals surface area (Å²) in [5.74, 6) is 0.681. The lowest BCUT2D eigenvalue weighted by Crippen LogP contribution is -2.32. The minimum atomic E-state index is 0.580. The third-order valence-electron chi connectivity index (χ3n) is 2.71. The molecule has 1 nitrogen and oxygen atoms in total. The molecular formula is C13H21N. The SMILES string of the molecule is CNC(Cc1cccc(C)c1)C(C)C. The van der Waals surface area contributed by atoms with Gasteiger partial charge < -0.3 is 5.32 Å². The summed E-state index contributed by atoms with van der Waals surface area (Å²) in [6.07, 6.45) is 1.12. The predicted molar refractivity (Wildman–Crippen MR) is 62.6 cm³/mol. The summed E-state index contributed by atoms with van der Waals surface area (Å²) < 4.78 is 0. The Kier molecular flexibility index (Phi) is 4.15. The van der Waals surface area contributed by atoms with Crippen LogP contribution < -0.4 is 5.32 Å². The normalized spacial score (nSPS) is 13.2. The van der Waals surface area contributed by atoms with Crippen LogP contribution in [0.4, 0.5) is 0 Å². The second-order valence-electron chi connectivity index (χ2n) is 4.33. The molecule has 1 atom stereocenters. The molecule has 1 unspecified atom stereocenters. The lowest BCUT2D eigenvalue weighted by molar-refractivity contribution is 0.424. The second kappa shape index (κ2) is 5.16. The highest BCUT2D eigenvalue weighted by molar-refractivity contribution is 5.23. The van der Waals surface area contributed by atoms with Crippen LogP contribution in [-0.4, -0.2) is 13.1 Å². The van der Waals surface area contributed by atoms with Gasteiger partial charge in [-0.15, -0.1) is 0 Å². The van der Waals surface area contributed by atoms with E-state index < -0.39 is 0 Å². The van der Waals surface area contributed by atoms with E-state index in [9.17, 15) is 0 Å². The van der Waals surface area contributed by atoms with Gasteiger partial charge in [-0.1, -0.05) is 43.7 Å². The quantitative estimate of drug-likeness (QED) is 0.771. The highest BCUT2D eigenvalue weighted by atomic mass is 14.9. The smallest absolute Gasteiger partial charge is 0.0127 e. The van der Waals surface area contributed by atoms with Gasteiger partial charge in [-0.3, -0.25) is 0 Å². The van der Waals surface area contributed by atoms with Crippen molar-refractivity contribution < 1.29 is 0 Å². The van der Waals surface area contributed by atoms with Crippen molar-refractivity contribution in [1.82, 2.24) is 5.32 Å². The summed E-state index contributed by atoms with van der Waals surface area (Å²) in [7, 11) is 2.04. The van der Waals surface area contributed by atoms with Gasteiger partial charge in [-0.25, -0.2) is 0 Å². The van der Waals surface area contributed by atoms with Gasteiger partial charge in [0.05, 0.1) is 0 Å². The van der Waals surface area contributed by atoms with Crippen molar-refractivity contribution in [3.63, 3.8) is 0 Å². The van der Waals surface area contributed by atoms with Crippen LogP contribution in [0.15, 0.2) is 24.3 Å². The third-order valence-corrected chi connectivity index (χ3v) is 2.71. The molecule has 0 aliphatic heterocycles. The Morgan fingerprint density at radius 1 is 1.29 bits per heavy atom. The predicted octanol–water partition coefficient (Wildman–Crippen LogP) is 2.78. The number of benzene rings is 1. The first-order chi connectivity index (χ1) is 6.63. The lowest BCUT2D eigenvalue weighted by atomic mass is 9.96. The molecule has 0 fully saturated rings. The monoisotopic (exact) mass is 191 g/mol. The molecule has 0 spiro atoms. The van der Waals surface area contributed by atoms with Crippen LogP contribution in [-0.2, 0) is 6.42 Å². The minimum Gasteiger partial charge on any atom is -0.316 e. The van der Waals surface area contributed by atoms with Crippen molar-refractivity contribution in [1.29, 1.82) is 0 Å². The van der Waals surface area contributed by atoms with Crippen molar-refractivity contribution in [3.05, 3.63) is 35.4 Å². The van der Waals surface area contributed by atoms with Gasteiger partial charge in [0, 0.05) is 6.04 Å². The zero-order valence-electron chi connectivity index (χ0n) is 9.67. The number of rotatable bonds is 4. The van der Waals surface area contributed by atoms with E-state index in [0.717, 1.165) is 6.42 Å². The summed E-state index contributed by atoms with van der Waals surface area (Å²) in [5.41, 5.74) is 2.78. The largest absolute Gasteiger partial charge is 0.316 e. The molecule has 0 heterocycles. The average molecular weight is 191 g/mol. The first kappa shape index (κ1) is 11.3. The van der Waals surface area contributed by atoms with E-state index in [1.165, 1.54) is 11.1 Å². The van der Waals surface area contributed by atoms with E-state index in [-0.39, 0.29) is 0 Å². The molecule has 1 aromatic rings. The van der Waals surface area contributed by atoms with Gasteiger partial charge >= 0.3 is 0 Å². The van der Waals surface area contributed by atoms with Crippen LogP contribution in [0, 0.1) is 12.8 Å². The molecule has 1 aromatic carbocycles. The summed E-state index contributed by atoms with van der Waals surface area (Å²) in [6.45, 7) is 6.67. The maximum atomic E-state index is 3.37. The van der Waals surface area contributed by atoms with E-state index in [1.807, 2.05) is 7.05 Å². The Hall–Kier alpha value is -0.820. The molecule has 1 heteroatoms. The highest BCUT2D eigenvalue weighted by Crippen LogP contribution is 2.11. The standard InChI is InChI=1S/C13H21N/c1-10(2)13(14-4)9-12-7-5-6-11(3)8-12/h5-8,10,13-14H,9H2,1-4H3. The van der Waals surface area contributed by atoms with E-state index in [1.54, 1.807) is 0 Å². The molecule has 0 aliphatic rings. The van der Waals surface area contributed by atoms with Crippen molar-refractivity contribution in [2.24, 2.45) is 5.92 Å². The van der Waals surface area contributed by atoms with E-state index in [0.29, 0.717) is 12.0 Å². The number of hydrogen-bond acceptors (Lipinski definition) is 1. The summed E-state index contributed by atoms with van der Waals surface area (Å²) >= 11 is 0. The van der Waals surface area contributed by atoms with Crippen LogP contribution in [0.25, 0.3) is 0 Å². The fourth-order valence-corrected chi connectivity index (χ4v) is 1.76. The number of likely N-dealkylation sites (N-methyl/N-ethyl adjacent to an activating group) is 1. The molecule has 1 rings (SSSR count). The van der Waals surface area contributed by atoms with Crippen LogP contribution in [0.3, 0.4) is 0 Å². The van der Waals surface area contributed by atoms with E-state index in [4.69, 9.17) is 0 Å². The van der Waals surface area contributed by atoms with Crippen LogP contribution in [0.2, 0.25) is 0 Å². The molecule has 0 aromatic heterocycles. The Balaban J connectivity index is 2.67. The Bertz CT molecular complexity index is 278. The molecule has 0 amide bonds. The Labute approximate surface area is 87.5 Å². The molecule has 14 heavy (non-hydrogen) atoms. The van der Waals surface area contributed by atoms with Crippen molar-refractivity contribution in [2.45, 2.75) is 33.2 Å². The van der Waals surface area contributed by atoms with Crippen LogP contribution in [0.1, 0.15) is 25.0 Å². The highest BCUT2D eigenvalue weighted by Gasteiger charge is 2.10. The molecule has 0 radical (unpaired) electrons. The zero-order chi connectivity index (χ0) is 10.6. The van der Waals surface area contributed by atoms with Crippen LogP contribution in [0.5, 0.6) is 0 Å². The summed E-state index contributed by atoms with van der Waals surface area (Å²) in [6, 6.07) is 9.34. The average Bonchev–Trinajstić information content (AvgIpc) is 2.14. The fraction of sp³-hybridized carbons (Fsp3) is 0.538. The maximum Gasteiger partial charge on any atom is 0.0127 e. The molecular weight excluding hydrogens is 170 g/mol. The van der Waals surface area contributed by atoms with Gasteiger partial charge in [-0.05, 0) is 31.9 Å². The Morgan fingerprint density at radius 2 is 2.00 bits per heavy atom. The fourth-order valence-electron chi connectivity index (χ4n) is 1.76. The number of hydrogen-bond donors (Lipinski definition) is 1. The Morgan fingerprint density at radius 3 is 2.50 bits per heavy atom. The third kappa shape index (κ3) is 3.15. The summed E-state index contributed by atoms with van der Waals surface area (Å²) in [5, 5.41) is 3.37. The molecule has 0 aliphatic carbocycles. The van der Waals surface area contributed by atoms with E-state index >= 15 is 0 Å². The molecule has 0 saturated heterocycles. The first-order valence-electron chi connectivity index (χ1n) is 5.36. The van der Waals surface area contributed by atoms with E-state index in [2.05, 4.69) is 50.4 Å². The van der Waals surface area contributed by atoms with Gasteiger partial charge in [-0.2, -0.15) is 0 Å².